The van der Waals surface area contributed by atoms with E-state index in [-0.39, 0.29) is 63.2 Å². The number of piperidine rings is 1. The average molecular weight is 483 g/mol. The highest BCUT2D eigenvalue weighted by molar-refractivity contribution is 6.06. The van der Waals surface area contributed by atoms with Gasteiger partial charge in [0.25, 0.3) is 5.91 Å². The van der Waals surface area contributed by atoms with Crippen LogP contribution in [0.5, 0.6) is 0 Å². The molecule has 1 unspecified atom stereocenters. The van der Waals surface area contributed by atoms with Crippen LogP contribution in [0.15, 0.2) is 18.2 Å². The van der Waals surface area contributed by atoms with Crippen LogP contribution in [-0.2, 0) is 25.7 Å². The molecule has 1 atom stereocenters. The van der Waals surface area contributed by atoms with Crippen LogP contribution in [0, 0.1) is 0 Å². The van der Waals surface area contributed by atoms with Crippen molar-refractivity contribution >= 4 is 35.2 Å². The number of amides is 5. The number of rotatable bonds is 9. The lowest BCUT2D eigenvalue weighted by atomic mass is 10.0. The molecule has 2 aliphatic rings. The summed E-state index contributed by atoms with van der Waals surface area (Å²) in [7, 11) is 0. The number of imide groups is 1. The lowest BCUT2D eigenvalue weighted by molar-refractivity contribution is -0.173. The van der Waals surface area contributed by atoms with Crippen LogP contribution in [0.3, 0.4) is 0 Å². The third-order valence-electron chi connectivity index (χ3n) is 5.49. The van der Waals surface area contributed by atoms with Crippen LogP contribution in [-0.4, -0.2) is 66.3 Å². The Bertz CT molecular complexity index is 998. The van der Waals surface area contributed by atoms with E-state index in [4.69, 9.17) is 0 Å². The van der Waals surface area contributed by atoms with Crippen LogP contribution in [0.1, 0.15) is 41.6 Å². The third-order valence-corrected chi connectivity index (χ3v) is 5.49. The Kier molecular flexibility index (Phi) is 7.74. The summed E-state index contributed by atoms with van der Waals surface area (Å²) in [4.78, 5) is 60.5. The molecule has 0 radical (unpaired) electrons. The fraction of sp³-hybridized carbons (Fsp3) is 0.476. The Labute approximate surface area is 192 Å². The maximum absolute atomic E-state index is 12.8. The number of alkyl halides is 3. The normalized spacial score (nSPS) is 17.8. The number of unbranched alkanes of at least 4 members (excludes halogenated alkanes) is 1. The minimum Gasteiger partial charge on any atom is -0.376 e. The highest BCUT2D eigenvalue weighted by atomic mass is 19.4. The van der Waals surface area contributed by atoms with Crippen LogP contribution >= 0.6 is 0 Å². The van der Waals surface area contributed by atoms with Gasteiger partial charge in [-0.05, 0) is 31.4 Å². The van der Waals surface area contributed by atoms with Crippen molar-refractivity contribution < 1.29 is 37.1 Å². The van der Waals surface area contributed by atoms with Gasteiger partial charge in [0.15, 0.2) is 0 Å². The Hall–Kier alpha value is -3.64. The van der Waals surface area contributed by atoms with Gasteiger partial charge in [-0.2, -0.15) is 13.2 Å². The number of nitrogens with one attached hydrogen (secondary N) is 4. The number of carbonyl (C=O) groups excluding carboxylic acids is 5. The summed E-state index contributed by atoms with van der Waals surface area (Å²) in [6.07, 6.45) is -3.88. The second kappa shape index (κ2) is 10.5. The molecule has 10 nitrogen and oxygen atoms in total. The molecule has 0 saturated carbocycles. The molecule has 4 N–H and O–H groups in total. The first-order chi connectivity index (χ1) is 16.1. The average Bonchev–Trinajstić information content (AvgIpc) is 3.10. The van der Waals surface area contributed by atoms with Gasteiger partial charge in [-0.1, -0.05) is 6.07 Å². The molecule has 1 fully saturated rings. The van der Waals surface area contributed by atoms with Crippen LogP contribution in [0.4, 0.5) is 18.9 Å². The van der Waals surface area contributed by atoms with Gasteiger partial charge >= 0.3 is 12.1 Å². The van der Waals surface area contributed by atoms with Gasteiger partial charge in [0, 0.05) is 42.9 Å². The van der Waals surface area contributed by atoms with Crippen molar-refractivity contribution in [3.63, 3.8) is 0 Å². The first-order valence-electron chi connectivity index (χ1n) is 10.7. The summed E-state index contributed by atoms with van der Waals surface area (Å²) >= 11 is 0. The summed E-state index contributed by atoms with van der Waals surface area (Å²) in [5.74, 6) is -3.56. The standard InChI is InChI=1S/C21H24F3N5O5/c22-21(23,24)20(34)26-9-2-1-8-25-17(31)10-27-14-5-3-4-12-13(14)11-29(19(12)33)15-6-7-16(30)28-18(15)32/h3-5,15,27H,1-2,6-11H2,(H,25,31)(H,26,34)(H,28,30,32). The Morgan fingerprint density at radius 3 is 2.47 bits per heavy atom. The molecule has 0 aromatic heterocycles. The van der Waals surface area contributed by atoms with Gasteiger partial charge in [0.05, 0.1) is 6.54 Å². The fourth-order valence-corrected chi connectivity index (χ4v) is 3.77. The van der Waals surface area contributed by atoms with Crippen molar-refractivity contribution in [2.75, 3.05) is 25.0 Å². The molecule has 34 heavy (non-hydrogen) atoms. The van der Waals surface area contributed by atoms with Crippen molar-refractivity contribution in [2.24, 2.45) is 0 Å². The molecule has 3 rings (SSSR count). The van der Waals surface area contributed by atoms with Crippen LogP contribution < -0.4 is 21.3 Å². The molecule has 0 bridgehead atoms. The first-order valence-corrected chi connectivity index (χ1v) is 10.7. The molecule has 0 spiro atoms. The second-order valence-corrected chi connectivity index (χ2v) is 7.90. The molecule has 5 amide bonds. The molecular weight excluding hydrogens is 459 g/mol. The van der Waals surface area contributed by atoms with E-state index in [0.29, 0.717) is 23.2 Å². The third kappa shape index (κ3) is 6.02. The van der Waals surface area contributed by atoms with E-state index in [0.717, 1.165) is 0 Å². The largest absolute Gasteiger partial charge is 0.471 e. The van der Waals surface area contributed by atoms with E-state index in [2.05, 4.69) is 16.0 Å². The SMILES string of the molecule is O=C(CNc1cccc2c1CN(C1CCC(=O)NC1=O)C2=O)NCCCCNC(=O)C(F)(F)F. The Morgan fingerprint density at radius 1 is 1.09 bits per heavy atom. The molecule has 1 saturated heterocycles. The number of benzene rings is 1. The monoisotopic (exact) mass is 483 g/mol. The molecule has 2 aliphatic heterocycles. The van der Waals surface area contributed by atoms with E-state index in [1.54, 1.807) is 23.5 Å². The Balaban J connectivity index is 1.44. The van der Waals surface area contributed by atoms with Crippen molar-refractivity contribution in [3.8, 4) is 0 Å². The van der Waals surface area contributed by atoms with Crippen molar-refractivity contribution in [2.45, 2.75) is 44.4 Å². The van der Waals surface area contributed by atoms with Gasteiger partial charge in [0.2, 0.25) is 17.7 Å². The lowest BCUT2D eigenvalue weighted by Crippen LogP contribution is -2.52. The minimum absolute atomic E-state index is 0.103. The molecule has 2 heterocycles. The van der Waals surface area contributed by atoms with E-state index >= 15 is 0 Å². The number of carbonyl (C=O) groups is 5. The quantitative estimate of drug-likeness (QED) is 0.297. The van der Waals surface area contributed by atoms with Gasteiger partial charge in [-0.25, -0.2) is 0 Å². The van der Waals surface area contributed by atoms with E-state index in [1.807, 2.05) is 0 Å². The minimum atomic E-state index is -4.92. The summed E-state index contributed by atoms with van der Waals surface area (Å²) in [6.45, 7) is 0.125. The summed E-state index contributed by atoms with van der Waals surface area (Å²) in [6, 6.07) is 4.25. The van der Waals surface area contributed by atoms with Gasteiger partial charge in [-0.15, -0.1) is 0 Å². The predicted octanol–water partition coefficient (Wildman–Crippen LogP) is 0.434. The molecule has 1 aromatic carbocycles. The van der Waals surface area contributed by atoms with E-state index in [9.17, 15) is 37.1 Å². The van der Waals surface area contributed by atoms with Crippen molar-refractivity contribution in [1.29, 1.82) is 0 Å². The maximum atomic E-state index is 12.8. The molecule has 0 aliphatic carbocycles. The number of hydrogen-bond donors (Lipinski definition) is 4. The van der Waals surface area contributed by atoms with Gasteiger partial charge in [0.1, 0.15) is 6.04 Å². The molecule has 184 valence electrons. The highest BCUT2D eigenvalue weighted by Crippen LogP contribution is 2.32. The first kappa shape index (κ1) is 25.0. The molecular formula is C21H24F3N5O5. The molecule has 13 heteroatoms. The lowest BCUT2D eigenvalue weighted by Gasteiger charge is -2.29. The number of hydrogen-bond acceptors (Lipinski definition) is 6. The Morgan fingerprint density at radius 2 is 1.79 bits per heavy atom. The fourth-order valence-electron chi connectivity index (χ4n) is 3.77. The number of halogens is 3. The number of fused-ring (bicyclic) bond motifs is 1. The zero-order valence-electron chi connectivity index (χ0n) is 18.1. The maximum Gasteiger partial charge on any atom is 0.471 e. The zero-order chi connectivity index (χ0) is 24.9. The van der Waals surface area contributed by atoms with Crippen molar-refractivity contribution in [3.05, 3.63) is 29.3 Å². The molecule has 1 aromatic rings. The van der Waals surface area contributed by atoms with Gasteiger partial charge in [-0.3, -0.25) is 29.3 Å². The van der Waals surface area contributed by atoms with Crippen LogP contribution in [0.2, 0.25) is 0 Å². The number of nitrogens with zero attached hydrogens (tertiary/aromatic N) is 1. The van der Waals surface area contributed by atoms with Crippen molar-refractivity contribution in [1.82, 2.24) is 20.9 Å². The van der Waals surface area contributed by atoms with E-state index < -0.39 is 24.0 Å². The zero-order valence-corrected chi connectivity index (χ0v) is 18.1. The topological polar surface area (TPSA) is 137 Å². The summed E-state index contributed by atoms with van der Waals surface area (Å²) in [5.41, 5.74) is 1.62. The second-order valence-electron chi connectivity index (χ2n) is 7.90. The summed E-state index contributed by atoms with van der Waals surface area (Å²) < 4.78 is 36.2. The van der Waals surface area contributed by atoms with Gasteiger partial charge < -0.3 is 20.9 Å². The summed E-state index contributed by atoms with van der Waals surface area (Å²) in [5, 5.41) is 9.58. The van der Waals surface area contributed by atoms with Crippen LogP contribution in [0.25, 0.3) is 0 Å². The highest BCUT2D eigenvalue weighted by Gasteiger charge is 2.40. The number of anilines is 1. The predicted molar refractivity (Wildman–Crippen MR) is 112 cm³/mol. The smallest absolute Gasteiger partial charge is 0.376 e. The van der Waals surface area contributed by atoms with E-state index in [1.165, 1.54) is 4.90 Å².